The third-order valence-corrected chi connectivity index (χ3v) is 3.00. The number of rotatable bonds is 2. The summed E-state index contributed by atoms with van der Waals surface area (Å²) in [5.41, 5.74) is -0.242. The van der Waals surface area contributed by atoms with Gasteiger partial charge in [0.1, 0.15) is 12.1 Å². The molecule has 5 nitrogen and oxygen atoms in total. The zero-order valence-electron chi connectivity index (χ0n) is 11.5. The number of aromatic nitrogens is 2. The zero-order chi connectivity index (χ0) is 14.9. The van der Waals surface area contributed by atoms with Gasteiger partial charge in [0.15, 0.2) is 0 Å². The highest BCUT2D eigenvalue weighted by atomic mass is 79.9. The summed E-state index contributed by atoms with van der Waals surface area (Å²) in [4.78, 5) is 28.2. The Morgan fingerprint density at radius 2 is 2.10 bits per heavy atom. The molecule has 0 N–H and O–H groups in total. The summed E-state index contributed by atoms with van der Waals surface area (Å²) in [7, 11) is 0. The first-order valence-electron chi connectivity index (χ1n) is 6.13. The number of carbonyl (C=O) groups excluding carboxylic acids is 1. The summed E-state index contributed by atoms with van der Waals surface area (Å²) in [5, 5.41) is 0.472. The number of hydrogen-bond acceptors (Lipinski definition) is 4. The largest absolute Gasteiger partial charge is 0.459 e. The molecule has 0 spiro atoms. The second kappa shape index (κ2) is 5.36. The molecule has 0 bridgehead atoms. The lowest BCUT2D eigenvalue weighted by Crippen LogP contribution is -2.30. The molecule has 0 radical (unpaired) electrons. The maximum Gasteiger partial charge on any atom is 0.326 e. The maximum atomic E-state index is 12.2. The Labute approximate surface area is 124 Å². The normalized spacial score (nSPS) is 11.6. The van der Waals surface area contributed by atoms with Gasteiger partial charge in [-0.3, -0.25) is 14.2 Å². The quantitative estimate of drug-likeness (QED) is 0.789. The molecule has 0 aliphatic carbocycles. The van der Waals surface area contributed by atoms with Gasteiger partial charge in [-0.1, -0.05) is 15.9 Å². The van der Waals surface area contributed by atoms with E-state index in [2.05, 4.69) is 20.9 Å². The molecule has 0 amide bonds. The predicted molar refractivity (Wildman–Crippen MR) is 79.5 cm³/mol. The second-order valence-corrected chi connectivity index (χ2v) is 6.34. The van der Waals surface area contributed by atoms with Crippen LogP contribution in [0.25, 0.3) is 10.9 Å². The van der Waals surface area contributed by atoms with Crippen LogP contribution >= 0.6 is 15.9 Å². The van der Waals surface area contributed by atoms with Crippen molar-refractivity contribution in [3.63, 3.8) is 0 Å². The van der Waals surface area contributed by atoms with Crippen molar-refractivity contribution in [2.24, 2.45) is 0 Å². The van der Waals surface area contributed by atoms with Crippen LogP contribution in [0, 0.1) is 0 Å². The Kier molecular flexibility index (Phi) is 3.94. The van der Waals surface area contributed by atoms with E-state index in [1.54, 1.807) is 39.0 Å². The first-order valence-corrected chi connectivity index (χ1v) is 6.92. The SMILES string of the molecule is CC(C)(C)OC(=O)Cn1cnc2cc(Br)ccc2c1=O. The predicted octanol–water partition coefficient (Wildman–Crippen LogP) is 2.50. The molecule has 1 aromatic carbocycles. The van der Waals surface area contributed by atoms with Crippen LogP contribution in [-0.2, 0) is 16.1 Å². The van der Waals surface area contributed by atoms with Crippen LogP contribution in [0.4, 0.5) is 0 Å². The van der Waals surface area contributed by atoms with E-state index in [-0.39, 0.29) is 12.1 Å². The van der Waals surface area contributed by atoms with Crippen LogP contribution < -0.4 is 5.56 Å². The first kappa shape index (κ1) is 14.7. The van der Waals surface area contributed by atoms with Crippen molar-refractivity contribution >= 4 is 32.8 Å². The fraction of sp³-hybridized carbons (Fsp3) is 0.357. The molecule has 1 aromatic heterocycles. The molecule has 0 unspecified atom stereocenters. The summed E-state index contributed by atoms with van der Waals surface area (Å²) in [6.07, 6.45) is 1.36. The lowest BCUT2D eigenvalue weighted by Gasteiger charge is -2.19. The van der Waals surface area contributed by atoms with Gasteiger partial charge < -0.3 is 4.74 Å². The molecule has 0 aliphatic heterocycles. The van der Waals surface area contributed by atoms with E-state index >= 15 is 0 Å². The van der Waals surface area contributed by atoms with Crippen molar-refractivity contribution in [3.05, 3.63) is 39.4 Å². The lowest BCUT2D eigenvalue weighted by molar-refractivity contribution is -0.155. The average Bonchev–Trinajstić information content (AvgIpc) is 2.30. The highest BCUT2D eigenvalue weighted by Crippen LogP contribution is 2.15. The minimum atomic E-state index is -0.574. The number of halogens is 1. The molecule has 2 rings (SSSR count). The molecular weight excluding hydrogens is 324 g/mol. The summed E-state index contributed by atoms with van der Waals surface area (Å²) in [6.45, 7) is 5.20. The number of benzene rings is 1. The van der Waals surface area contributed by atoms with E-state index in [0.29, 0.717) is 10.9 Å². The van der Waals surface area contributed by atoms with Gasteiger partial charge in [-0.2, -0.15) is 0 Å². The van der Waals surface area contributed by atoms with Crippen LogP contribution in [0.2, 0.25) is 0 Å². The van der Waals surface area contributed by atoms with Crippen LogP contribution in [0.15, 0.2) is 33.8 Å². The van der Waals surface area contributed by atoms with Gasteiger partial charge in [0.05, 0.1) is 17.2 Å². The summed E-state index contributed by atoms with van der Waals surface area (Å²) < 4.78 is 7.30. The molecule has 0 saturated carbocycles. The highest BCUT2D eigenvalue weighted by Gasteiger charge is 2.17. The fourth-order valence-electron chi connectivity index (χ4n) is 1.76. The molecule has 106 valence electrons. The van der Waals surface area contributed by atoms with Gasteiger partial charge in [-0.05, 0) is 39.0 Å². The first-order chi connectivity index (χ1) is 9.26. The Morgan fingerprint density at radius 1 is 1.40 bits per heavy atom. The third-order valence-electron chi connectivity index (χ3n) is 2.51. The molecule has 1 heterocycles. The Hall–Kier alpha value is -1.69. The monoisotopic (exact) mass is 338 g/mol. The second-order valence-electron chi connectivity index (χ2n) is 5.43. The van der Waals surface area contributed by atoms with Crippen LogP contribution in [0.5, 0.6) is 0 Å². The van der Waals surface area contributed by atoms with Crippen molar-refractivity contribution < 1.29 is 9.53 Å². The van der Waals surface area contributed by atoms with E-state index < -0.39 is 11.6 Å². The maximum absolute atomic E-state index is 12.2. The number of ether oxygens (including phenoxy) is 1. The van der Waals surface area contributed by atoms with Crippen LogP contribution in [0.1, 0.15) is 20.8 Å². The van der Waals surface area contributed by atoms with E-state index in [9.17, 15) is 9.59 Å². The highest BCUT2D eigenvalue weighted by molar-refractivity contribution is 9.10. The minimum Gasteiger partial charge on any atom is -0.459 e. The van der Waals surface area contributed by atoms with Crippen LogP contribution in [0.3, 0.4) is 0 Å². The van der Waals surface area contributed by atoms with Gasteiger partial charge in [0.25, 0.3) is 5.56 Å². The average molecular weight is 339 g/mol. The van der Waals surface area contributed by atoms with E-state index in [1.807, 2.05) is 0 Å². The molecule has 6 heteroatoms. The lowest BCUT2D eigenvalue weighted by atomic mass is 10.2. The summed E-state index contributed by atoms with van der Waals surface area (Å²) in [6, 6.07) is 5.21. The number of fused-ring (bicyclic) bond motifs is 1. The number of esters is 1. The molecule has 0 atom stereocenters. The third kappa shape index (κ3) is 3.45. The molecule has 0 saturated heterocycles. The summed E-state index contributed by atoms with van der Waals surface area (Å²) >= 11 is 3.33. The van der Waals surface area contributed by atoms with Crippen molar-refractivity contribution in [3.8, 4) is 0 Å². The molecule has 2 aromatic rings. The van der Waals surface area contributed by atoms with E-state index in [4.69, 9.17) is 4.74 Å². The number of hydrogen-bond donors (Lipinski definition) is 0. The van der Waals surface area contributed by atoms with Gasteiger partial charge in [0.2, 0.25) is 0 Å². The minimum absolute atomic E-state index is 0.144. The van der Waals surface area contributed by atoms with E-state index in [0.717, 1.165) is 4.47 Å². The Balaban J connectivity index is 2.32. The Morgan fingerprint density at radius 3 is 2.75 bits per heavy atom. The smallest absolute Gasteiger partial charge is 0.326 e. The van der Waals surface area contributed by atoms with Gasteiger partial charge >= 0.3 is 5.97 Å². The molecule has 0 fully saturated rings. The van der Waals surface area contributed by atoms with Crippen molar-refractivity contribution in [2.75, 3.05) is 0 Å². The van der Waals surface area contributed by atoms with E-state index in [1.165, 1.54) is 10.9 Å². The van der Waals surface area contributed by atoms with Crippen molar-refractivity contribution in [1.82, 2.24) is 9.55 Å². The molecular formula is C14H15BrN2O3. The zero-order valence-corrected chi connectivity index (χ0v) is 13.1. The summed E-state index contributed by atoms with van der Waals surface area (Å²) in [5.74, 6) is -0.460. The topological polar surface area (TPSA) is 61.2 Å². The number of nitrogens with zero attached hydrogens (tertiary/aromatic N) is 2. The molecule has 0 aliphatic rings. The molecule has 20 heavy (non-hydrogen) atoms. The Bertz CT molecular complexity index is 716. The standard InChI is InChI=1S/C14H15BrN2O3/c1-14(2,3)20-12(18)7-17-8-16-11-6-9(15)4-5-10(11)13(17)19/h4-6,8H,7H2,1-3H3. The van der Waals surface area contributed by atoms with Gasteiger partial charge in [0, 0.05) is 4.47 Å². The van der Waals surface area contributed by atoms with Crippen LogP contribution in [-0.4, -0.2) is 21.1 Å². The number of carbonyl (C=O) groups is 1. The van der Waals surface area contributed by atoms with Gasteiger partial charge in [-0.25, -0.2) is 4.98 Å². The fourth-order valence-corrected chi connectivity index (χ4v) is 2.11. The van der Waals surface area contributed by atoms with Crippen molar-refractivity contribution in [2.45, 2.75) is 32.9 Å². The van der Waals surface area contributed by atoms with Gasteiger partial charge in [-0.15, -0.1) is 0 Å². The van der Waals surface area contributed by atoms with Crippen molar-refractivity contribution in [1.29, 1.82) is 0 Å².